The van der Waals surface area contributed by atoms with Crippen molar-refractivity contribution in [1.29, 1.82) is 5.26 Å². The summed E-state index contributed by atoms with van der Waals surface area (Å²) in [6.07, 6.45) is 3.63. The van der Waals surface area contributed by atoms with Crippen molar-refractivity contribution in [1.82, 2.24) is 4.98 Å². The quantitative estimate of drug-likeness (QED) is 0.872. The lowest BCUT2D eigenvalue weighted by Gasteiger charge is -2.18. The largest absolute Gasteiger partial charge is 0.397 e. The van der Waals surface area contributed by atoms with E-state index in [1.165, 1.54) is 4.88 Å². The number of nitrogen functional groups attached to an aromatic ring is 1. The summed E-state index contributed by atoms with van der Waals surface area (Å²) in [5.74, 6) is 0.601. The van der Waals surface area contributed by atoms with Crippen LogP contribution in [0.15, 0.2) is 29.8 Å². The molecule has 2 aromatic heterocycles. The number of rotatable bonds is 5. The van der Waals surface area contributed by atoms with E-state index in [4.69, 9.17) is 11.0 Å². The fraction of sp³-hybridized carbons (Fsp3) is 0.286. The van der Waals surface area contributed by atoms with Gasteiger partial charge in [-0.05, 0) is 23.9 Å². The third kappa shape index (κ3) is 3.24. The Morgan fingerprint density at radius 1 is 1.58 bits per heavy atom. The summed E-state index contributed by atoms with van der Waals surface area (Å²) in [6, 6.07) is 8.09. The second kappa shape index (κ2) is 6.21. The van der Waals surface area contributed by atoms with Crippen LogP contribution in [-0.4, -0.2) is 4.98 Å². The van der Waals surface area contributed by atoms with E-state index in [9.17, 15) is 0 Å². The first-order valence-electron chi connectivity index (χ1n) is 6.20. The highest BCUT2D eigenvalue weighted by atomic mass is 32.1. The highest BCUT2D eigenvalue weighted by Crippen LogP contribution is 2.28. The van der Waals surface area contributed by atoms with Gasteiger partial charge >= 0.3 is 0 Å². The maximum atomic E-state index is 9.13. The summed E-state index contributed by atoms with van der Waals surface area (Å²) in [7, 11) is 0. The number of nitrogens with zero attached hydrogens (tertiary/aromatic N) is 2. The predicted molar refractivity (Wildman–Crippen MR) is 79.0 cm³/mol. The van der Waals surface area contributed by atoms with Gasteiger partial charge in [0.2, 0.25) is 0 Å². The Labute approximate surface area is 116 Å². The van der Waals surface area contributed by atoms with E-state index < -0.39 is 0 Å². The molecule has 3 N–H and O–H groups in total. The monoisotopic (exact) mass is 272 g/mol. The van der Waals surface area contributed by atoms with E-state index in [0.717, 1.165) is 12.8 Å². The summed E-state index contributed by atoms with van der Waals surface area (Å²) >= 11 is 1.71. The zero-order valence-corrected chi connectivity index (χ0v) is 11.6. The molecule has 1 unspecified atom stereocenters. The van der Waals surface area contributed by atoms with Crippen LogP contribution in [0.3, 0.4) is 0 Å². The van der Waals surface area contributed by atoms with Crippen molar-refractivity contribution >= 4 is 22.8 Å². The summed E-state index contributed by atoms with van der Waals surface area (Å²) in [4.78, 5) is 5.48. The van der Waals surface area contributed by atoms with Crippen molar-refractivity contribution in [2.45, 2.75) is 25.8 Å². The zero-order chi connectivity index (χ0) is 13.7. The van der Waals surface area contributed by atoms with Gasteiger partial charge in [0.05, 0.1) is 23.5 Å². The number of nitriles is 1. The molecule has 0 amide bonds. The summed E-state index contributed by atoms with van der Waals surface area (Å²) in [5.41, 5.74) is 6.64. The van der Waals surface area contributed by atoms with Crippen molar-refractivity contribution in [2.75, 3.05) is 11.1 Å². The van der Waals surface area contributed by atoms with Crippen LogP contribution in [0.25, 0.3) is 0 Å². The topological polar surface area (TPSA) is 74.7 Å². The minimum atomic E-state index is 0.188. The van der Waals surface area contributed by atoms with Crippen molar-refractivity contribution in [3.8, 4) is 6.07 Å². The van der Waals surface area contributed by atoms with Gasteiger partial charge in [0, 0.05) is 4.88 Å². The first-order chi connectivity index (χ1) is 9.24. The highest BCUT2D eigenvalue weighted by Gasteiger charge is 2.14. The normalized spacial score (nSPS) is 11.8. The molecule has 4 nitrogen and oxygen atoms in total. The molecule has 98 valence electrons. The molecular formula is C14H16N4S. The molecule has 0 aliphatic heterocycles. The van der Waals surface area contributed by atoms with Gasteiger partial charge in [0.25, 0.3) is 0 Å². The van der Waals surface area contributed by atoms with Crippen molar-refractivity contribution in [3.05, 3.63) is 40.2 Å². The first kappa shape index (κ1) is 13.4. The van der Waals surface area contributed by atoms with E-state index in [-0.39, 0.29) is 6.04 Å². The lowest BCUT2D eigenvalue weighted by molar-refractivity contribution is 0.684. The Hall–Kier alpha value is -2.06. The Kier molecular flexibility index (Phi) is 4.37. The van der Waals surface area contributed by atoms with E-state index in [2.05, 4.69) is 34.7 Å². The average molecular weight is 272 g/mol. The molecular weight excluding hydrogens is 256 g/mol. The van der Waals surface area contributed by atoms with Crippen LogP contribution in [0.4, 0.5) is 11.5 Å². The number of aromatic nitrogens is 1. The molecule has 0 saturated heterocycles. The molecule has 0 fully saturated rings. The number of hydrogen-bond acceptors (Lipinski definition) is 5. The smallest absolute Gasteiger partial charge is 0.144 e. The lowest BCUT2D eigenvalue weighted by atomic mass is 10.1. The SMILES string of the molecule is CCCC(Nc1ncc(N)cc1C#N)c1cccs1. The maximum Gasteiger partial charge on any atom is 0.144 e. The van der Waals surface area contributed by atoms with Gasteiger partial charge in [0.1, 0.15) is 11.9 Å². The summed E-state index contributed by atoms with van der Waals surface area (Å²) < 4.78 is 0. The van der Waals surface area contributed by atoms with Gasteiger partial charge in [-0.25, -0.2) is 4.98 Å². The number of hydrogen-bond donors (Lipinski definition) is 2. The van der Waals surface area contributed by atoms with Gasteiger partial charge in [-0.15, -0.1) is 11.3 Å². The Bertz CT molecular complexity index is 572. The second-order valence-corrected chi connectivity index (χ2v) is 5.26. The number of pyridine rings is 1. The van der Waals surface area contributed by atoms with Crippen molar-refractivity contribution < 1.29 is 0 Å². The van der Waals surface area contributed by atoms with Crippen LogP contribution in [0.5, 0.6) is 0 Å². The molecule has 2 rings (SSSR count). The van der Waals surface area contributed by atoms with Gasteiger partial charge in [-0.2, -0.15) is 5.26 Å². The molecule has 0 spiro atoms. The first-order valence-corrected chi connectivity index (χ1v) is 7.08. The van der Waals surface area contributed by atoms with Gasteiger partial charge in [-0.3, -0.25) is 0 Å². The molecule has 0 aromatic carbocycles. The standard InChI is InChI=1S/C14H16N4S/c1-2-4-12(13-5-3-6-19-13)18-14-10(8-15)7-11(16)9-17-14/h3,5-7,9,12H,2,4,16H2,1H3,(H,17,18). The zero-order valence-electron chi connectivity index (χ0n) is 10.8. The molecule has 0 saturated carbocycles. The second-order valence-electron chi connectivity index (χ2n) is 4.28. The van der Waals surface area contributed by atoms with E-state index in [1.54, 1.807) is 23.6 Å². The molecule has 0 bridgehead atoms. The molecule has 5 heteroatoms. The lowest BCUT2D eigenvalue weighted by Crippen LogP contribution is -2.11. The molecule has 0 aliphatic rings. The Morgan fingerprint density at radius 2 is 2.42 bits per heavy atom. The van der Waals surface area contributed by atoms with Crippen LogP contribution in [0.1, 0.15) is 36.2 Å². The molecule has 1 atom stereocenters. The van der Waals surface area contributed by atoms with Crippen LogP contribution in [-0.2, 0) is 0 Å². The number of thiophene rings is 1. The van der Waals surface area contributed by atoms with Crippen molar-refractivity contribution in [2.24, 2.45) is 0 Å². The molecule has 19 heavy (non-hydrogen) atoms. The molecule has 2 aromatic rings. The number of nitrogens with two attached hydrogens (primary N) is 1. The summed E-state index contributed by atoms with van der Waals surface area (Å²) in [6.45, 7) is 2.14. The average Bonchev–Trinajstić information content (AvgIpc) is 2.94. The third-order valence-corrected chi connectivity index (χ3v) is 3.79. The summed E-state index contributed by atoms with van der Waals surface area (Å²) in [5, 5.41) is 14.5. The van der Waals surface area contributed by atoms with E-state index in [0.29, 0.717) is 17.1 Å². The fourth-order valence-electron chi connectivity index (χ4n) is 1.91. The highest BCUT2D eigenvalue weighted by molar-refractivity contribution is 7.10. The number of anilines is 2. The maximum absolute atomic E-state index is 9.13. The molecule has 0 radical (unpaired) electrons. The fourth-order valence-corrected chi connectivity index (χ4v) is 2.72. The van der Waals surface area contributed by atoms with Crippen molar-refractivity contribution in [3.63, 3.8) is 0 Å². The van der Waals surface area contributed by atoms with Gasteiger partial charge in [-0.1, -0.05) is 19.4 Å². The van der Waals surface area contributed by atoms with E-state index >= 15 is 0 Å². The van der Waals surface area contributed by atoms with Crippen LogP contribution < -0.4 is 11.1 Å². The molecule has 2 heterocycles. The van der Waals surface area contributed by atoms with Crippen LogP contribution in [0, 0.1) is 11.3 Å². The minimum Gasteiger partial charge on any atom is -0.397 e. The van der Waals surface area contributed by atoms with Crippen LogP contribution in [0.2, 0.25) is 0 Å². The van der Waals surface area contributed by atoms with Gasteiger partial charge in [0.15, 0.2) is 0 Å². The molecule has 0 aliphatic carbocycles. The third-order valence-electron chi connectivity index (χ3n) is 2.80. The minimum absolute atomic E-state index is 0.188. The Balaban J connectivity index is 2.25. The van der Waals surface area contributed by atoms with E-state index in [1.807, 2.05) is 6.07 Å². The van der Waals surface area contributed by atoms with Crippen LogP contribution >= 0.6 is 11.3 Å². The number of nitrogens with one attached hydrogen (secondary N) is 1. The Morgan fingerprint density at radius 3 is 3.05 bits per heavy atom. The van der Waals surface area contributed by atoms with Gasteiger partial charge < -0.3 is 11.1 Å². The predicted octanol–water partition coefficient (Wildman–Crippen LogP) is 3.55.